The van der Waals surface area contributed by atoms with Gasteiger partial charge in [-0.15, -0.1) is 0 Å². The SMILES string of the molecule is CC(=O)OC[C@H]1O[C@@H](n2cnc3c(I)ccnc32)C(OC(C)=O)C1OC(C)=O. The molecule has 1 aliphatic rings. The van der Waals surface area contributed by atoms with Gasteiger partial charge in [0.2, 0.25) is 0 Å². The third-order valence-electron chi connectivity index (χ3n) is 4.03. The number of halogens is 1. The molecule has 3 heterocycles. The lowest BCUT2D eigenvalue weighted by atomic mass is 10.1. The molecule has 0 aliphatic carbocycles. The minimum absolute atomic E-state index is 0.168. The molecule has 0 saturated carbocycles. The van der Waals surface area contributed by atoms with E-state index in [0.29, 0.717) is 11.2 Å². The number of fused-ring (bicyclic) bond motifs is 1. The first-order valence-corrected chi connectivity index (χ1v) is 9.46. The monoisotopic (exact) mass is 503 g/mol. The number of rotatable bonds is 5. The van der Waals surface area contributed by atoms with E-state index in [1.54, 1.807) is 10.8 Å². The zero-order valence-electron chi connectivity index (χ0n) is 15.3. The number of aromatic nitrogens is 3. The predicted molar refractivity (Wildman–Crippen MR) is 102 cm³/mol. The molecule has 4 atom stereocenters. The van der Waals surface area contributed by atoms with Crippen LogP contribution >= 0.6 is 22.6 Å². The summed E-state index contributed by atoms with van der Waals surface area (Å²) in [5.41, 5.74) is 1.17. The first kappa shape index (κ1) is 20.5. The van der Waals surface area contributed by atoms with Crippen LogP contribution in [0, 0.1) is 3.57 Å². The fraction of sp³-hybridized carbons (Fsp3) is 0.471. The van der Waals surface area contributed by atoms with Gasteiger partial charge in [0.15, 0.2) is 24.1 Å². The van der Waals surface area contributed by atoms with E-state index in [1.165, 1.54) is 27.1 Å². The maximum Gasteiger partial charge on any atom is 0.303 e. The molecule has 1 fully saturated rings. The molecule has 10 nitrogen and oxygen atoms in total. The quantitative estimate of drug-likeness (QED) is 0.339. The molecule has 2 unspecified atom stereocenters. The van der Waals surface area contributed by atoms with Crippen molar-refractivity contribution in [1.82, 2.24) is 14.5 Å². The largest absolute Gasteiger partial charge is 0.463 e. The molecule has 2 aromatic rings. The summed E-state index contributed by atoms with van der Waals surface area (Å²) in [6.45, 7) is 3.57. The van der Waals surface area contributed by atoms with Crippen molar-refractivity contribution in [2.24, 2.45) is 0 Å². The summed E-state index contributed by atoms with van der Waals surface area (Å²) < 4.78 is 24.3. The fourth-order valence-corrected chi connectivity index (χ4v) is 3.55. The van der Waals surface area contributed by atoms with Crippen molar-refractivity contribution in [2.75, 3.05) is 6.61 Å². The van der Waals surface area contributed by atoms with E-state index >= 15 is 0 Å². The van der Waals surface area contributed by atoms with Gasteiger partial charge in [0, 0.05) is 30.5 Å². The van der Waals surface area contributed by atoms with Crippen LogP contribution in [-0.4, -0.2) is 57.4 Å². The molecule has 0 radical (unpaired) electrons. The molecule has 0 bridgehead atoms. The Labute approximate surface area is 173 Å². The molecule has 0 amide bonds. The van der Waals surface area contributed by atoms with E-state index in [1.807, 2.05) is 6.07 Å². The van der Waals surface area contributed by atoms with Crippen molar-refractivity contribution in [3.8, 4) is 0 Å². The number of imidazole rings is 1. The Morgan fingerprint density at radius 3 is 2.43 bits per heavy atom. The van der Waals surface area contributed by atoms with Crippen molar-refractivity contribution < 1.29 is 33.3 Å². The summed E-state index contributed by atoms with van der Waals surface area (Å²) in [5.74, 6) is -1.67. The molecule has 0 aromatic carbocycles. The molecular weight excluding hydrogens is 485 g/mol. The van der Waals surface area contributed by atoms with Crippen LogP contribution in [0.25, 0.3) is 11.2 Å². The highest BCUT2D eigenvalue weighted by molar-refractivity contribution is 14.1. The molecule has 2 aromatic heterocycles. The highest BCUT2D eigenvalue weighted by Gasteiger charge is 2.51. The maximum absolute atomic E-state index is 11.7. The van der Waals surface area contributed by atoms with Crippen LogP contribution in [0.3, 0.4) is 0 Å². The van der Waals surface area contributed by atoms with Crippen LogP contribution < -0.4 is 0 Å². The average Bonchev–Trinajstić information content (AvgIpc) is 3.16. The molecule has 11 heteroatoms. The van der Waals surface area contributed by atoms with E-state index in [9.17, 15) is 14.4 Å². The van der Waals surface area contributed by atoms with Crippen molar-refractivity contribution >= 4 is 51.7 Å². The Morgan fingerprint density at radius 2 is 1.79 bits per heavy atom. The smallest absolute Gasteiger partial charge is 0.303 e. The number of nitrogens with zero attached hydrogens (tertiary/aromatic N) is 3. The standard InChI is InChI=1S/C17H18IN3O7/c1-8(22)25-6-12-14(26-9(2)23)15(27-10(3)24)17(28-12)21-7-20-13-11(18)4-5-19-16(13)21/h4-5,7,12,14-15,17H,6H2,1-3H3/t12-,14?,15?,17-/m1/s1. The number of pyridine rings is 1. The first-order valence-electron chi connectivity index (χ1n) is 8.38. The van der Waals surface area contributed by atoms with Gasteiger partial charge in [-0.1, -0.05) is 0 Å². The first-order chi connectivity index (χ1) is 13.3. The lowest BCUT2D eigenvalue weighted by Crippen LogP contribution is -2.40. The van der Waals surface area contributed by atoms with Crippen molar-refractivity contribution in [3.05, 3.63) is 22.2 Å². The minimum atomic E-state index is -0.973. The summed E-state index contributed by atoms with van der Waals surface area (Å²) in [6.07, 6.45) is -0.505. The molecule has 0 N–H and O–H groups in total. The van der Waals surface area contributed by atoms with E-state index in [2.05, 4.69) is 32.6 Å². The van der Waals surface area contributed by atoms with E-state index in [4.69, 9.17) is 18.9 Å². The Hall–Kier alpha value is -2.28. The van der Waals surface area contributed by atoms with E-state index in [-0.39, 0.29) is 6.61 Å². The average molecular weight is 503 g/mol. The summed E-state index contributed by atoms with van der Waals surface area (Å²) in [6, 6.07) is 1.81. The molecule has 150 valence electrons. The molecule has 28 heavy (non-hydrogen) atoms. The van der Waals surface area contributed by atoms with Crippen LogP contribution in [0.1, 0.15) is 27.0 Å². The Kier molecular flexibility index (Phi) is 6.13. The summed E-state index contributed by atoms with van der Waals surface area (Å²) in [7, 11) is 0. The molecule has 0 spiro atoms. The Balaban J connectivity index is 2.01. The summed E-state index contributed by atoms with van der Waals surface area (Å²) >= 11 is 2.14. The summed E-state index contributed by atoms with van der Waals surface area (Å²) in [5, 5.41) is 0. The number of hydrogen-bond donors (Lipinski definition) is 0. The van der Waals surface area contributed by atoms with Gasteiger partial charge in [-0.2, -0.15) is 0 Å². The van der Waals surface area contributed by atoms with Crippen LogP contribution in [0.5, 0.6) is 0 Å². The fourth-order valence-electron chi connectivity index (χ4n) is 3.01. The lowest BCUT2D eigenvalue weighted by Gasteiger charge is -2.23. The van der Waals surface area contributed by atoms with Gasteiger partial charge >= 0.3 is 17.9 Å². The number of carbonyl (C=O) groups is 3. The lowest BCUT2D eigenvalue weighted by molar-refractivity contribution is -0.166. The Bertz CT molecular complexity index is 915. The number of ether oxygens (including phenoxy) is 4. The molecule has 3 rings (SSSR count). The second kappa shape index (κ2) is 8.39. The maximum atomic E-state index is 11.7. The highest BCUT2D eigenvalue weighted by Crippen LogP contribution is 2.36. The van der Waals surface area contributed by atoms with Gasteiger partial charge in [-0.25, -0.2) is 9.97 Å². The van der Waals surface area contributed by atoms with Crippen molar-refractivity contribution in [3.63, 3.8) is 0 Å². The van der Waals surface area contributed by atoms with Gasteiger partial charge in [-0.05, 0) is 28.7 Å². The van der Waals surface area contributed by atoms with E-state index in [0.717, 1.165) is 3.57 Å². The topological polar surface area (TPSA) is 119 Å². The van der Waals surface area contributed by atoms with Crippen LogP contribution in [0.2, 0.25) is 0 Å². The second-order valence-corrected chi connectivity index (χ2v) is 7.29. The van der Waals surface area contributed by atoms with Crippen LogP contribution in [0.4, 0.5) is 0 Å². The normalized spacial score (nSPS) is 24.1. The zero-order valence-corrected chi connectivity index (χ0v) is 17.5. The van der Waals surface area contributed by atoms with Crippen molar-refractivity contribution in [1.29, 1.82) is 0 Å². The third-order valence-corrected chi connectivity index (χ3v) is 4.90. The highest BCUT2D eigenvalue weighted by atomic mass is 127. The second-order valence-electron chi connectivity index (χ2n) is 6.13. The number of carbonyl (C=O) groups excluding carboxylic acids is 3. The Morgan fingerprint density at radius 1 is 1.11 bits per heavy atom. The molecular formula is C17H18IN3O7. The van der Waals surface area contributed by atoms with Gasteiger partial charge in [-0.3, -0.25) is 19.0 Å². The van der Waals surface area contributed by atoms with Crippen LogP contribution in [-0.2, 0) is 33.3 Å². The minimum Gasteiger partial charge on any atom is -0.463 e. The molecule has 1 saturated heterocycles. The zero-order chi connectivity index (χ0) is 20.4. The number of hydrogen-bond acceptors (Lipinski definition) is 9. The van der Waals surface area contributed by atoms with Crippen LogP contribution in [0.15, 0.2) is 18.6 Å². The summed E-state index contributed by atoms with van der Waals surface area (Å²) in [4.78, 5) is 43.2. The predicted octanol–water partition coefficient (Wildman–Crippen LogP) is 1.36. The van der Waals surface area contributed by atoms with Gasteiger partial charge < -0.3 is 18.9 Å². The number of esters is 3. The molecule has 1 aliphatic heterocycles. The third kappa shape index (κ3) is 4.24. The van der Waals surface area contributed by atoms with Gasteiger partial charge in [0.05, 0.1) is 6.33 Å². The van der Waals surface area contributed by atoms with Gasteiger partial charge in [0.1, 0.15) is 18.2 Å². The van der Waals surface area contributed by atoms with E-state index < -0.39 is 42.4 Å². The van der Waals surface area contributed by atoms with Gasteiger partial charge in [0.25, 0.3) is 0 Å². The van der Waals surface area contributed by atoms with Crippen molar-refractivity contribution in [2.45, 2.75) is 45.3 Å².